The van der Waals surface area contributed by atoms with Crippen molar-refractivity contribution in [2.75, 3.05) is 0 Å². The van der Waals surface area contributed by atoms with Crippen molar-refractivity contribution in [3.05, 3.63) is 30.0 Å². The normalized spacial score (nSPS) is 10.5. The van der Waals surface area contributed by atoms with E-state index in [0.29, 0.717) is 16.9 Å². The van der Waals surface area contributed by atoms with Crippen molar-refractivity contribution in [2.45, 2.75) is 13.5 Å². The van der Waals surface area contributed by atoms with Crippen LogP contribution in [-0.2, 0) is 11.4 Å². The predicted octanol–water partition coefficient (Wildman–Crippen LogP) is 1.85. The van der Waals surface area contributed by atoms with Crippen LogP contribution in [0.15, 0.2) is 28.9 Å². The molecule has 0 spiro atoms. The number of fused-ring (bicyclic) bond motifs is 1. The molecule has 0 unspecified atom stereocenters. The van der Waals surface area contributed by atoms with E-state index in [0.717, 1.165) is 5.39 Å². The maximum Gasteiger partial charge on any atom is 0.308 e. The van der Waals surface area contributed by atoms with Gasteiger partial charge in [0.1, 0.15) is 11.3 Å². The molecular weight excluding hydrogens is 196 g/mol. The van der Waals surface area contributed by atoms with E-state index in [1.807, 2.05) is 0 Å². The van der Waals surface area contributed by atoms with Gasteiger partial charge in [-0.15, -0.1) is 0 Å². The van der Waals surface area contributed by atoms with Crippen LogP contribution in [0.1, 0.15) is 12.5 Å². The second kappa shape index (κ2) is 3.74. The monoisotopic (exact) mass is 206 g/mol. The number of furan rings is 1. The molecule has 0 saturated heterocycles. The molecule has 2 aromatic rings. The van der Waals surface area contributed by atoms with Gasteiger partial charge in [-0.25, -0.2) is 0 Å². The summed E-state index contributed by atoms with van der Waals surface area (Å²) >= 11 is 0. The summed E-state index contributed by atoms with van der Waals surface area (Å²) in [6.45, 7) is 1.24. The van der Waals surface area contributed by atoms with Crippen LogP contribution >= 0.6 is 0 Å². The van der Waals surface area contributed by atoms with E-state index in [4.69, 9.17) is 14.3 Å². The molecule has 0 aliphatic carbocycles. The standard InChI is InChI=1S/C11H10O4/c1-7(13)15-9-2-3-11-10(4-9)8(5-12)6-14-11/h2-4,6,12H,5H2,1H3. The molecule has 0 bridgehead atoms. The van der Waals surface area contributed by atoms with Crippen molar-refractivity contribution in [3.8, 4) is 5.75 Å². The van der Waals surface area contributed by atoms with E-state index in [2.05, 4.69) is 0 Å². The highest BCUT2D eigenvalue weighted by molar-refractivity contribution is 5.83. The number of hydrogen-bond donors (Lipinski definition) is 1. The predicted molar refractivity (Wildman–Crippen MR) is 53.4 cm³/mol. The molecule has 4 heteroatoms. The fraction of sp³-hybridized carbons (Fsp3) is 0.182. The molecule has 0 fully saturated rings. The number of carbonyl (C=O) groups excluding carboxylic acids is 1. The molecule has 0 aliphatic heterocycles. The van der Waals surface area contributed by atoms with Gasteiger partial charge in [0, 0.05) is 17.9 Å². The molecule has 1 aromatic heterocycles. The summed E-state index contributed by atoms with van der Waals surface area (Å²) in [6.07, 6.45) is 1.49. The molecule has 2 rings (SSSR count). The van der Waals surface area contributed by atoms with E-state index in [-0.39, 0.29) is 12.6 Å². The zero-order valence-electron chi connectivity index (χ0n) is 8.19. The van der Waals surface area contributed by atoms with Crippen molar-refractivity contribution in [1.29, 1.82) is 0 Å². The summed E-state index contributed by atoms with van der Waals surface area (Å²) in [6, 6.07) is 5.02. The lowest BCUT2D eigenvalue weighted by atomic mass is 10.2. The summed E-state index contributed by atoms with van der Waals surface area (Å²) in [4.78, 5) is 10.7. The van der Waals surface area contributed by atoms with Gasteiger partial charge >= 0.3 is 5.97 Å². The van der Waals surface area contributed by atoms with Gasteiger partial charge in [-0.2, -0.15) is 0 Å². The van der Waals surface area contributed by atoms with E-state index in [1.165, 1.54) is 13.2 Å². The Morgan fingerprint density at radius 2 is 2.33 bits per heavy atom. The molecule has 78 valence electrons. The van der Waals surface area contributed by atoms with Gasteiger partial charge in [0.05, 0.1) is 12.9 Å². The number of ether oxygens (including phenoxy) is 1. The van der Waals surface area contributed by atoms with Gasteiger partial charge in [-0.1, -0.05) is 0 Å². The molecule has 1 N–H and O–H groups in total. The zero-order valence-corrected chi connectivity index (χ0v) is 8.19. The van der Waals surface area contributed by atoms with Crippen LogP contribution in [0.4, 0.5) is 0 Å². The number of esters is 1. The summed E-state index contributed by atoms with van der Waals surface area (Å²) < 4.78 is 10.1. The highest BCUT2D eigenvalue weighted by atomic mass is 16.5. The number of aliphatic hydroxyl groups excluding tert-OH is 1. The first-order valence-corrected chi connectivity index (χ1v) is 4.50. The van der Waals surface area contributed by atoms with Gasteiger partial charge in [-0.3, -0.25) is 4.79 Å². The third-order valence-corrected chi connectivity index (χ3v) is 2.06. The summed E-state index contributed by atoms with van der Waals surface area (Å²) in [7, 11) is 0. The van der Waals surface area contributed by atoms with Crippen LogP contribution in [0.5, 0.6) is 5.75 Å². The van der Waals surface area contributed by atoms with Gasteiger partial charge in [0.15, 0.2) is 0 Å². The average molecular weight is 206 g/mol. The van der Waals surface area contributed by atoms with Crippen molar-refractivity contribution in [3.63, 3.8) is 0 Å². The Hall–Kier alpha value is -1.81. The molecule has 0 aliphatic rings. The Bertz CT molecular complexity index is 498. The Kier molecular flexibility index (Phi) is 2.43. The lowest BCUT2D eigenvalue weighted by Gasteiger charge is -2.00. The maximum absolute atomic E-state index is 10.7. The van der Waals surface area contributed by atoms with Gasteiger partial charge in [0.25, 0.3) is 0 Å². The van der Waals surface area contributed by atoms with Gasteiger partial charge < -0.3 is 14.3 Å². The van der Waals surface area contributed by atoms with Crippen LogP contribution in [-0.4, -0.2) is 11.1 Å². The smallest absolute Gasteiger partial charge is 0.308 e. The number of benzene rings is 1. The second-order valence-corrected chi connectivity index (χ2v) is 3.17. The Morgan fingerprint density at radius 1 is 1.53 bits per heavy atom. The topological polar surface area (TPSA) is 59.7 Å². The van der Waals surface area contributed by atoms with Crippen LogP contribution in [0.25, 0.3) is 11.0 Å². The van der Waals surface area contributed by atoms with Crippen LogP contribution in [0.2, 0.25) is 0 Å². The summed E-state index contributed by atoms with van der Waals surface area (Å²) in [5, 5.41) is 9.79. The van der Waals surface area contributed by atoms with Crippen molar-refractivity contribution >= 4 is 16.9 Å². The fourth-order valence-electron chi connectivity index (χ4n) is 1.41. The fourth-order valence-corrected chi connectivity index (χ4v) is 1.41. The first kappa shape index (κ1) is 9.73. The van der Waals surface area contributed by atoms with E-state index in [9.17, 15) is 4.79 Å². The van der Waals surface area contributed by atoms with E-state index >= 15 is 0 Å². The molecule has 0 radical (unpaired) electrons. The number of hydrogen-bond acceptors (Lipinski definition) is 4. The van der Waals surface area contributed by atoms with Crippen molar-refractivity contribution < 1.29 is 19.1 Å². The second-order valence-electron chi connectivity index (χ2n) is 3.17. The SMILES string of the molecule is CC(=O)Oc1ccc2occ(CO)c2c1. The number of aliphatic hydroxyl groups is 1. The average Bonchev–Trinajstić information content (AvgIpc) is 2.59. The molecule has 4 nitrogen and oxygen atoms in total. The first-order chi connectivity index (χ1) is 7.20. The molecule has 1 aromatic carbocycles. The lowest BCUT2D eigenvalue weighted by molar-refractivity contribution is -0.131. The van der Waals surface area contributed by atoms with Crippen LogP contribution < -0.4 is 4.74 Å². The third-order valence-electron chi connectivity index (χ3n) is 2.06. The van der Waals surface area contributed by atoms with Crippen LogP contribution in [0.3, 0.4) is 0 Å². The van der Waals surface area contributed by atoms with Crippen molar-refractivity contribution in [1.82, 2.24) is 0 Å². The Balaban J connectivity index is 2.47. The summed E-state index contributed by atoms with van der Waals surface area (Å²) in [5.74, 6) is 0.0782. The minimum absolute atomic E-state index is 0.101. The Morgan fingerprint density at radius 3 is 3.00 bits per heavy atom. The molecule has 0 atom stereocenters. The minimum Gasteiger partial charge on any atom is -0.464 e. The number of rotatable bonds is 2. The van der Waals surface area contributed by atoms with Crippen LogP contribution in [0, 0.1) is 0 Å². The third kappa shape index (κ3) is 1.85. The lowest BCUT2D eigenvalue weighted by Crippen LogP contribution is -2.00. The molecule has 0 amide bonds. The van der Waals surface area contributed by atoms with E-state index in [1.54, 1.807) is 18.2 Å². The zero-order chi connectivity index (χ0) is 10.8. The largest absolute Gasteiger partial charge is 0.464 e. The minimum atomic E-state index is -0.372. The Labute approximate surface area is 86.1 Å². The number of carbonyl (C=O) groups is 1. The molecule has 15 heavy (non-hydrogen) atoms. The highest BCUT2D eigenvalue weighted by Gasteiger charge is 2.07. The highest BCUT2D eigenvalue weighted by Crippen LogP contribution is 2.25. The summed E-state index contributed by atoms with van der Waals surface area (Å²) in [5.41, 5.74) is 1.34. The maximum atomic E-state index is 10.7. The molecular formula is C11H10O4. The molecule has 0 saturated carbocycles. The van der Waals surface area contributed by atoms with E-state index < -0.39 is 0 Å². The van der Waals surface area contributed by atoms with Gasteiger partial charge in [0.2, 0.25) is 0 Å². The first-order valence-electron chi connectivity index (χ1n) is 4.50. The molecule has 1 heterocycles. The quantitative estimate of drug-likeness (QED) is 0.601. The van der Waals surface area contributed by atoms with Crippen molar-refractivity contribution in [2.24, 2.45) is 0 Å². The van der Waals surface area contributed by atoms with Gasteiger partial charge in [-0.05, 0) is 18.2 Å².